The van der Waals surface area contributed by atoms with Crippen molar-refractivity contribution in [1.29, 1.82) is 0 Å². The van der Waals surface area contributed by atoms with Crippen molar-refractivity contribution in [2.24, 2.45) is 0 Å². The summed E-state index contributed by atoms with van der Waals surface area (Å²) in [6.45, 7) is 2.92. The summed E-state index contributed by atoms with van der Waals surface area (Å²) in [4.78, 5) is 11.1. The molecule has 128 valence electrons. The van der Waals surface area contributed by atoms with E-state index in [0.717, 1.165) is 19.4 Å². The molecular weight excluding hydrogens is 302 g/mol. The largest absolute Gasteiger partial charge is 0.482 e. The van der Waals surface area contributed by atoms with E-state index in [-0.39, 0.29) is 12.6 Å². The normalized spacial score (nSPS) is 11.8. The molecule has 0 radical (unpaired) electrons. The van der Waals surface area contributed by atoms with Gasteiger partial charge in [-0.25, -0.2) is 4.79 Å². The number of rotatable bonds is 9. The van der Waals surface area contributed by atoms with Gasteiger partial charge >= 0.3 is 5.97 Å². The Balaban J connectivity index is 1.89. The zero-order chi connectivity index (χ0) is 17.2. The lowest BCUT2D eigenvalue weighted by atomic mass is 10.0. The molecule has 0 saturated heterocycles. The lowest BCUT2D eigenvalue weighted by molar-refractivity contribution is -0.142. The molecule has 0 bridgehead atoms. The number of carbonyl (C=O) groups is 1. The summed E-state index contributed by atoms with van der Waals surface area (Å²) < 4.78 is 9.90. The van der Waals surface area contributed by atoms with Gasteiger partial charge in [-0.2, -0.15) is 0 Å². The Morgan fingerprint density at radius 2 is 1.79 bits per heavy atom. The van der Waals surface area contributed by atoms with Gasteiger partial charge in [-0.05, 0) is 29.7 Å². The molecule has 0 aliphatic heterocycles. The second kappa shape index (κ2) is 9.73. The minimum atomic E-state index is -0.383. The van der Waals surface area contributed by atoms with Crippen LogP contribution in [0.4, 0.5) is 0 Å². The van der Waals surface area contributed by atoms with Gasteiger partial charge in [0, 0.05) is 12.6 Å². The van der Waals surface area contributed by atoms with Gasteiger partial charge < -0.3 is 14.8 Å². The smallest absolute Gasteiger partial charge is 0.343 e. The fourth-order valence-electron chi connectivity index (χ4n) is 2.51. The number of benzene rings is 2. The number of hydrogen-bond acceptors (Lipinski definition) is 4. The third kappa shape index (κ3) is 5.70. The van der Waals surface area contributed by atoms with Gasteiger partial charge in [0.15, 0.2) is 6.61 Å². The third-order valence-corrected chi connectivity index (χ3v) is 3.84. The molecule has 1 N–H and O–H groups in total. The van der Waals surface area contributed by atoms with Crippen molar-refractivity contribution in [3.8, 4) is 5.75 Å². The Bertz CT molecular complexity index is 611. The molecule has 0 aliphatic rings. The van der Waals surface area contributed by atoms with Gasteiger partial charge in [0.2, 0.25) is 0 Å². The molecule has 0 amide bonds. The van der Waals surface area contributed by atoms with Crippen LogP contribution in [0.5, 0.6) is 5.75 Å². The first-order chi connectivity index (χ1) is 11.7. The highest BCUT2D eigenvalue weighted by molar-refractivity contribution is 5.70. The quantitative estimate of drug-likeness (QED) is 0.710. The number of carbonyl (C=O) groups excluding carboxylic acids is 1. The average Bonchev–Trinajstić information content (AvgIpc) is 2.64. The predicted octanol–water partition coefficient (Wildman–Crippen LogP) is 3.87. The summed E-state index contributed by atoms with van der Waals surface area (Å²) in [6.07, 6.45) is 2.23. The van der Waals surface area contributed by atoms with E-state index in [1.165, 1.54) is 18.2 Å². The first-order valence-electron chi connectivity index (χ1n) is 8.29. The Morgan fingerprint density at radius 1 is 1.08 bits per heavy atom. The van der Waals surface area contributed by atoms with Crippen molar-refractivity contribution in [3.63, 3.8) is 0 Å². The average molecular weight is 327 g/mol. The van der Waals surface area contributed by atoms with Crippen LogP contribution in [-0.2, 0) is 16.1 Å². The van der Waals surface area contributed by atoms with Gasteiger partial charge in [-0.3, -0.25) is 0 Å². The SMILES string of the molecule is CCCC(NCc1ccc(OCC(=O)OC)cc1)c1ccccc1. The molecule has 1 atom stereocenters. The van der Waals surface area contributed by atoms with Gasteiger partial charge in [-0.1, -0.05) is 55.8 Å². The van der Waals surface area contributed by atoms with E-state index in [1.54, 1.807) is 0 Å². The number of methoxy groups -OCH3 is 1. The van der Waals surface area contributed by atoms with Crippen LogP contribution in [0.3, 0.4) is 0 Å². The molecule has 4 nitrogen and oxygen atoms in total. The van der Waals surface area contributed by atoms with E-state index in [2.05, 4.69) is 41.2 Å². The summed E-state index contributed by atoms with van der Waals surface area (Å²) in [5.74, 6) is 0.281. The van der Waals surface area contributed by atoms with Crippen molar-refractivity contribution in [2.75, 3.05) is 13.7 Å². The van der Waals surface area contributed by atoms with Crippen LogP contribution in [-0.4, -0.2) is 19.7 Å². The van der Waals surface area contributed by atoms with E-state index >= 15 is 0 Å². The summed E-state index contributed by atoms with van der Waals surface area (Å²) in [5, 5.41) is 3.62. The molecule has 0 aromatic heterocycles. The molecule has 2 rings (SSSR count). The first-order valence-corrected chi connectivity index (χ1v) is 8.29. The topological polar surface area (TPSA) is 47.6 Å². The second-order valence-corrected chi connectivity index (χ2v) is 5.64. The van der Waals surface area contributed by atoms with Gasteiger partial charge in [0.1, 0.15) is 5.75 Å². The minimum absolute atomic E-state index is 0.0688. The molecule has 0 saturated carbocycles. The molecule has 0 spiro atoms. The van der Waals surface area contributed by atoms with Crippen molar-refractivity contribution in [3.05, 3.63) is 65.7 Å². The fourth-order valence-corrected chi connectivity index (χ4v) is 2.51. The maximum absolute atomic E-state index is 11.1. The monoisotopic (exact) mass is 327 g/mol. The predicted molar refractivity (Wildman–Crippen MR) is 94.9 cm³/mol. The molecule has 0 heterocycles. The van der Waals surface area contributed by atoms with Crippen LogP contribution in [0.1, 0.15) is 36.9 Å². The van der Waals surface area contributed by atoms with Crippen LogP contribution in [0, 0.1) is 0 Å². The standard InChI is InChI=1S/C20H25NO3/c1-3-7-19(17-8-5-4-6-9-17)21-14-16-10-12-18(13-11-16)24-15-20(22)23-2/h4-6,8-13,19,21H,3,7,14-15H2,1-2H3. The highest BCUT2D eigenvalue weighted by Crippen LogP contribution is 2.19. The van der Waals surface area contributed by atoms with E-state index in [9.17, 15) is 4.79 Å². The van der Waals surface area contributed by atoms with E-state index < -0.39 is 0 Å². The third-order valence-electron chi connectivity index (χ3n) is 3.84. The van der Waals surface area contributed by atoms with Crippen LogP contribution in [0.15, 0.2) is 54.6 Å². The fraction of sp³-hybridized carbons (Fsp3) is 0.350. The zero-order valence-electron chi connectivity index (χ0n) is 14.3. The molecule has 2 aromatic rings. The van der Waals surface area contributed by atoms with E-state index in [4.69, 9.17) is 4.74 Å². The summed E-state index contributed by atoms with van der Waals surface area (Å²) in [5.41, 5.74) is 2.50. The van der Waals surface area contributed by atoms with Crippen LogP contribution in [0.25, 0.3) is 0 Å². The molecule has 4 heteroatoms. The van der Waals surface area contributed by atoms with Crippen LogP contribution >= 0.6 is 0 Å². The highest BCUT2D eigenvalue weighted by atomic mass is 16.6. The molecule has 0 aliphatic carbocycles. The zero-order valence-corrected chi connectivity index (χ0v) is 14.3. The number of nitrogens with one attached hydrogen (secondary N) is 1. The van der Waals surface area contributed by atoms with E-state index in [1.807, 2.05) is 30.3 Å². The van der Waals surface area contributed by atoms with Crippen molar-refractivity contribution < 1.29 is 14.3 Å². The first kappa shape index (κ1) is 18.0. The summed E-state index contributed by atoms with van der Waals surface area (Å²) in [6, 6.07) is 18.6. The maximum atomic E-state index is 11.1. The molecule has 24 heavy (non-hydrogen) atoms. The van der Waals surface area contributed by atoms with Crippen molar-refractivity contribution in [2.45, 2.75) is 32.4 Å². The van der Waals surface area contributed by atoms with Crippen molar-refractivity contribution in [1.82, 2.24) is 5.32 Å². The Kier molecular flexibility index (Phi) is 7.30. The van der Waals surface area contributed by atoms with Crippen molar-refractivity contribution >= 4 is 5.97 Å². The maximum Gasteiger partial charge on any atom is 0.343 e. The Hall–Kier alpha value is -2.33. The number of ether oxygens (including phenoxy) is 2. The summed E-state index contributed by atoms with van der Waals surface area (Å²) >= 11 is 0. The van der Waals surface area contributed by atoms with Gasteiger partial charge in [0.25, 0.3) is 0 Å². The Labute approximate surface area is 143 Å². The Morgan fingerprint density at radius 3 is 2.42 bits per heavy atom. The van der Waals surface area contributed by atoms with Gasteiger partial charge in [-0.15, -0.1) is 0 Å². The van der Waals surface area contributed by atoms with E-state index in [0.29, 0.717) is 11.8 Å². The molecular formula is C20H25NO3. The summed E-state index contributed by atoms with van der Waals surface area (Å²) in [7, 11) is 1.35. The molecule has 0 fully saturated rings. The minimum Gasteiger partial charge on any atom is -0.482 e. The number of esters is 1. The lowest BCUT2D eigenvalue weighted by Gasteiger charge is -2.19. The van der Waals surface area contributed by atoms with Crippen LogP contribution in [0.2, 0.25) is 0 Å². The van der Waals surface area contributed by atoms with Crippen LogP contribution < -0.4 is 10.1 Å². The highest BCUT2D eigenvalue weighted by Gasteiger charge is 2.09. The molecule has 1 unspecified atom stereocenters. The molecule has 2 aromatic carbocycles. The second-order valence-electron chi connectivity index (χ2n) is 5.64. The number of hydrogen-bond donors (Lipinski definition) is 1. The lowest BCUT2D eigenvalue weighted by Crippen LogP contribution is -2.20. The van der Waals surface area contributed by atoms with Gasteiger partial charge in [0.05, 0.1) is 7.11 Å².